The van der Waals surface area contributed by atoms with Crippen LogP contribution in [0.25, 0.3) is 0 Å². The number of thioether (sulfide) groups is 1. The summed E-state index contributed by atoms with van der Waals surface area (Å²) in [4.78, 5) is 0. The molecule has 0 aliphatic heterocycles. The van der Waals surface area contributed by atoms with E-state index >= 15 is 0 Å². The van der Waals surface area contributed by atoms with Crippen LogP contribution in [0.5, 0.6) is 0 Å². The third-order valence-corrected chi connectivity index (χ3v) is 6.63. The van der Waals surface area contributed by atoms with E-state index in [1.807, 2.05) is 0 Å². The highest BCUT2D eigenvalue weighted by molar-refractivity contribution is 8.00. The van der Waals surface area contributed by atoms with Gasteiger partial charge in [0.1, 0.15) is 0 Å². The fraction of sp³-hybridized carbons (Fsp3) is 1.00. The third kappa shape index (κ3) is 8.53. The summed E-state index contributed by atoms with van der Waals surface area (Å²) in [5.74, 6) is -0.724. The average Bonchev–Trinajstić information content (AvgIpc) is 2.60. The quantitative estimate of drug-likeness (QED) is 0.164. The summed E-state index contributed by atoms with van der Waals surface area (Å²) in [6, 6.07) is 0. The molecule has 0 rings (SSSR count). The van der Waals surface area contributed by atoms with Crippen LogP contribution in [0.3, 0.4) is 0 Å². The zero-order chi connectivity index (χ0) is 26.5. The summed E-state index contributed by atoms with van der Waals surface area (Å²) in [5.41, 5.74) is -11.6. The molecule has 0 spiro atoms. The zero-order valence-corrected chi connectivity index (χ0v) is 18.6. The molecule has 0 aliphatic carbocycles. The Morgan fingerprint density at radius 3 is 0.909 bits per heavy atom. The van der Waals surface area contributed by atoms with Gasteiger partial charge in [-0.25, -0.2) is 8.78 Å². The summed E-state index contributed by atoms with van der Waals surface area (Å²) in [6.07, 6.45) is -32.8. The lowest BCUT2D eigenvalue weighted by Gasteiger charge is -2.36. The third-order valence-electron chi connectivity index (χ3n) is 4.52. The van der Waals surface area contributed by atoms with Crippen LogP contribution in [-0.2, 0) is 0 Å². The van der Waals surface area contributed by atoms with Crippen molar-refractivity contribution in [3.8, 4) is 0 Å². The number of alkyl halides is 16. The van der Waals surface area contributed by atoms with E-state index in [1.165, 1.54) is 0 Å². The molecule has 2 atom stereocenters. The molecule has 0 bridgehead atoms. The Bertz CT molecular complexity index is 506. The van der Waals surface area contributed by atoms with Gasteiger partial charge in [-0.3, -0.25) is 0 Å². The van der Waals surface area contributed by atoms with Crippen LogP contribution in [0.2, 0.25) is 0 Å². The Morgan fingerprint density at radius 2 is 0.727 bits per heavy atom. The number of hydrogen-bond donors (Lipinski definition) is 0. The van der Waals surface area contributed by atoms with Crippen molar-refractivity contribution in [3.05, 3.63) is 0 Å². The molecule has 2 unspecified atom stereocenters. The van der Waals surface area contributed by atoms with Gasteiger partial charge in [-0.05, 0) is 25.7 Å². The van der Waals surface area contributed by atoms with E-state index in [2.05, 4.69) is 0 Å². The Kier molecular flexibility index (Phi) is 11.8. The van der Waals surface area contributed by atoms with E-state index in [0.29, 0.717) is 0 Å². The fourth-order valence-corrected chi connectivity index (χ4v) is 4.84. The Labute approximate surface area is 193 Å². The molecule has 0 saturated heterocycles. The van der Waals surface area contributed by atoms with Crippen molar-refractivity contribution < 1.29 is 61.5 Å². The summed E-state index contributed by atoms with van der Waals surface area (Å²) < 4.78 is 183. The van der Waals surface area contributed by atoms with Gasteiger partial charge in [-0.1, -0.05) is 0 Å². The fourth-order valence-electron chi connectivity index (χ4n) is 2.73. The molecule has 33 heavy (non-hydrogen) atoms. The molecule has 0 aromatic carbocycles. The highest BCUT2D eigenvalue weighted by Gasteiger charge is 2.74. The predicted octanol–water partition coefficient (Wildman–Crippen LogP) is 8.94. The lowest BCUT2D eigenvalue weighted by molar-refractivity contribution is -0.343. The van der Waals surface area contributed by atoms with Crippen molar-refractivity contribution >= 4 is 35.0 Å². The zero-order valence-electron chi connectivity index (χ0n) is 16.3. The minimum Gasteiger partial charge on any atom is -0.224 e. The lowest BCUT2D eigenvalue weighted by Crippen LogP contribution is -2.55. The van der Waals surface area contributed by atoms with Crippen molar-refractivity contribution in [2.75, 3.05) is 11.8 Å². The summed E-state index contributed by atoms with van der Waals surface area (Å²) in [5, 5.41) is -4.19. The van der Waals surface area contributed by atoms with E-state index in [9.17, 15) is 61.5 Å². The van der Waals surface area contributed by atoms with Gasteiger partial charge in [0.25, 0.3) is 11.3 Å². The lowest BCUT2D eigenvalue weighted by atomic mass is 9.95. The van der Waals surface area contributed by atoms with Gasteiger partial charge in [-0.15, -0.1) is 23.2 Å². The van der Waals surface area contributed by atoms with E-state index in [0.717, 1.165) is 0 Å². The van der Waals surface area contributed by atoms with Gasteiger partial charge in [-0.2, -0.15) is 64.4 Å². The van der Waals surface area contributed by atoms with E-state index in [-0.39, 0.29) is 36.4 Å². The average molecular weight is 579 g/mol. The topological polar surface area (TPSA) is 0 Å². The monoisotopic (exact) mass is 578 g/mol. The normalized spacial score (nSPS) is 16.7. The maximum Gasteiger partial charge on any atom is 0.431 e. The largest absolute Gasteiger partial charge is 0.431 e. The maximum absolute atomic E-state index is 14.2. The molecule has 0 aliphatic rings. The molecule has 200 valence electrons. The molecule has 0 radical (unpaired) electrons. The SMILES string of the molecule is FC(F)(F)C(F)(CC(CCCCl)SC(CCCCl)CC(F)(C(F)(F)F)C(F)(F)F)C(F)(F)F. The first-order valence-electron chi connectivity index (χ1n) is 8.99. The van der Waals surface area contributed by atoms with Crippen LogP contribution in [0.1, 0.15) is 38.5 Å². The minimum absolute atomic E-state index is 0.209. The molecule has 0 heterocycles. The summed E-state index contributed by atoms with van der Waals surface area (Å²) >= 11 is 10.4. The molecule has 0 amide bonds. The van der Waals surface area contributed by atoms with Gasteiger partial charge < -0.3 is 0 Å². The van der Waals surface area contributed by atoms with Gasteiger partial charge >= 0.3 is 24.7 Å². The van der Waals surface area contributed by atoms with Crippen molar-refractivity contribution in [1.29, 1.82) is 0 Å². The minimum atomic E-state index is -6.49. The number of hydrogen-bond acceptors (Lipinski definition) is 1. The first kappa shape index (κ1) is 33.0. The highest BCUT2D eigenvalue weighted by Crippen LogP contribution is 2.54. The standard InChI is InChI=1S/C16H18Cl2F14S/c17-5-1-3-9(7-11(19,13(21,22)23)14(24,25)26)33-10(4-2-6-18)8-12(20,15(27,28)29)16(30,31)32/h9-10H,1-8H2. The molecule has 0 aromatic rings. The molecule has 0 fully saturated rings. The van der Waals surface area contributed by atoms with Gasteiger partial charge in [0.2, 0.25) is 0 Å². The maximum atomic E-state index is 14.2. The van der Waals surface area contributed by atoms with Crippen molar-refractivity contribution in [1.82, 2.24) is 0 Å². The molecule has 0 aromatic heterocycles. The van der Waals surface area contributed by atoms with Crippen molar-refractivity contribution in [2.45, 2.75) is 85.1 Å². The smallest absolute Gasteiger partial charge is 0.224 e. The van der Waals surface area contributed by atoms with Gasteiger partial charge in [0.05, 0.1) is 0 Å². The first-order valence-corrected chi connectivity index (χ1v) is 11.0. The van der Waals surface area contributed by atoms with E-state index < -0.39 is 72.2 Å². The highest BCUT2D eigenvalue weighted by atomic mass is 35.5. The van der Waals surface area contributed by atoms with Crippen LogP contribution in [0.15, 0.2) is 0 Å². The second-order valence-electron chi connectivity index (χ2n) is 7.04. The van der Waals surface area contributed by atoms with Crippen LogP contribution < -0.4 is 0 Å². The second kappa shape index (κ2) is 11.8. The van der Waals surface area contributed by atoms with Crippen molar-refractivity contribution in [2.24, 2.45) is 0 Å². The van der Waals surface area contributed by atoms with E-state index in [1.54, 1.807) is 0 Å². The predicted molar refractivity (Wildman–Crippen MR) is 96.2 cm³/mol. The van der Waals surface area contributed by atoms with Crippen LogP contribution in [0, 0.1) is 0 Å². The molecule has 0 saturated carbocycles. The second-order valence-corrected chi connectivity index (χ2v) is 9.41. The molecular weight excluding hydrogens is 561 g/mol. The van der Waals surface area contributed by atoms with Gasteiger partial charge in [0.15, 0.2) is 0 Å². The van der Waals surface area contributed by atoms with Crippen LogP contribution >= 0.6 is 35.0 Å². The number of halogens is 16. The Balaban J connectivity index is 6.16. The number of rotatable bonds is 12. The molecule has 17 heteroatoms. The molecule has 0 N–H and O–H groups in total. The Morgan fingerprint density at radius 1 is 0.485 bits per heavy atom. The van der Waals surface area contributed by atoms with Crippen molar-refractivity contribution in [3.63, 3.8) is 0 Å². The van der Waals surface area contributed by atoms with E-state index in [4.69, 9.17) is 23.2 Å². The van der Waals surface area contributed by atoms with Crippen LogP contribution in [-0.4, -0.2) is 58.3 Å². The molecular formula is C16H18Cl2F14S. The van der Waals surface area contributed by atoms with Crippen LogP contribution in [0.4, 0.5) is 61.5 Å². The van der Waals surface area contributed by atoms with Gasteiger partial charge in [0, 0.05) is 35.1 Å². The Hall–Kier alpha value is -0.0500. The first-order chi connectivity index (χ1) is 14.6. The summed E-state index contributed by atoms with van der Waals surface area (Å²) in [7, 11) is 0. The summed E-state index contributed by atoms with van der Waals surface area (Å²) in [6.45, 7) is 0. The molecule has 0 nitrogen and oxygen atoms in total.